The standard InChI is InChI=1S/C51H59N7O7/c1-7-45(60)56-26-30(3)41(27-56)36-11-9-12-37(46(36)52)48(61)54-43-21-31-19-34(22-35(59)20-31)32-14-15-44-38(23-32)39(47(57(44)8-2)40-25-53-17-16-33(40)28-64-6)24-51(4,5)29-65-50(63)42-13-10-18-58(55-42)49(43)62/h7,9,11-12,14-17,19-20,22-23,25,30,41-43,55,59H,1,8,10,13,18,21,24,26-29,52H2,2-6H3,(H,54,61)/t30-,41?,42+,43+/m1/s1. The molecule has 4 atom stereocenters. The Morgan fingerprint density at radius 1 is 1.11 bits per heavy atom. The lowest BCUT2D eigenvalue weighted by molar-refractivity contribution is -0.155. The minimum absolute atomic E-state index is 0.00258. The Morgan fingerprint density at radius 3 is 2.69 bits per heavy atom. The molecule has 2 fully saturated rings. The minimum Gasteiger partial charge on any atom is -0.508 e. The summed E-state index contributed by atoms with van der Waals surface area (Å²) in [7, 11) is 1.68. The number of rotatable bonds is 8. The van der Waals surface area contributed by atoms with Crippen LogP contribution in [-0.4, -0.2) is 93.7 Å². The maximum atomic E-state index is 14.7. The molecule has 0 radical (unpaired) electrons. The van der Waals surface area contributed by atoms with Crippen LogP contribution in [-0.2, 0) is 49.9 Å². The van der Waals surface area contributed by atoms with Crippen LogP contribution < -0.4 is 16.5 Å². The molecule has 65 heavy (non-hydrogen) atoms. The van der Waals surface area contributed by atoms with E-state index in [1.54, 1.807) is 42.5 Å². The number of fused-ring (bicyclic) bond motifs is 6. The SMILES string of the molecule is C=CC(=O)N1CC(c2cccc(C(=O)N[C@H]3Cc4cc(O)cc(c4)-c4ccc5c(c4)c(c(-c4cnccc4COC)n5CC)CC(C)(C)COC(=O)[C@@H]4CCCN(N4)C3=O)c2N)[C@H](C)C1. The van der Waals surface area contributed by atoms with Crippen molar-refractivity contribution in [3.8, 4) is 28.1 Å². The Balaban J connectivity index is 1.21. The molecule has 0 spiro atoms. The molecule has 5 aromatic rings. The summed E-state index contributed by atoms with van der Waals surface area (Å²) in [6.07, 6.45) is 6.49. The summed E-state index contributed by atoms with van der Waals surface area (Å²) in [6, 6.07) is 16.8. The monoisotopic (exact) mass is 881 g/mol. The van der Waals surface area contributed by atoms with Gasteiger partial charge in [0, 0.05) is 85.6 Å². The number of pyridine rings is 1. The van der Waals surface area contributed by atoms with Gasteiger partial charge in [-0.1, -0.05) is 51.6 Å². The van der Waals surface area contributed by atoms with E-state index >= 15 is 0 Å². The second-order valence-electron chi connectivity index (χ2n) is 18.5. The van der Waals surface area contributed by atoms with Crippen LogP contribution in [0.3, 0.4) is 0 Å². The number of para-hydroxylation sites is 1. The number of hydrazine groups is 1. The number of hydrogen-bond acceptors (Lipinski definition) is 10. The molecule has 3 amide bonds. The third kappa shape index (κ3) is 9.10. The zero-order valence-electron chi connectivity index (χ0n) is 37.9. The van der Waals surface area contributed by atoms with Gasteiger partial charge in [-0.25, -0.2) is 5.43 Å². The lowest BCUT2D eigenvalue weighted by Crippen LogP contribution is -2.60. The number of phenolic OH excluding ortho intramolecular Hbond substituents is 1. The highest BCUT2D eigenvalue weighted by molar-refractivity contribution is 6.02. The van der Waals surface area contributed by atoms with Crippen LogP contribution in [0.5, 0.6) is 5.75 Å². The summed E-state index contributed by atoms with van der Waals surface area (Å²) in [5.74, 6) is -1.67. The highest BCUT2D eigenvalue weighted by atomic mass is 16.5. The van der Waals surface area contributed by atoms with Gasteiger partial charge in [0.1, 0.15) is 17.8 Å². The molecular formula is C51H59N7O7. The van der Waals surface area contributed by atoms with E-state index in [-0.39, 0.29) is 47.8 Å². The number of nitrogens with two attached hydrogens (primary N) is 1. The minimum atomic E-state index is -1.14. The fraction of sp³-hybridized carbons (Fsp3) is 0.392. The maximum Gasteiger partial charge on any atom is 0.324 e. The van der Waals surface area contributed by atoms with E-state index in [2.05, 4.69) is 59.8 Å². The molecule has 6 bridgehead atoms. The van der Waals surface area contributed by atoms with E-state index in [4.69, 9.17) is 15.2 Å². The number of nitrogen functional groups attached to an aromatic ring is 1. The number of cyclic esters (lactones) is 1. The van der Waals surface area contributed by atoms with Crippen molar-refractivity contribution in [2.75, 3.05) is 39.1 Å². The molecular weight excluding hydrogens is 823 g/mol. The highest BCUT2D eigenvalue weighted by Crippen LogP contribution is 2.42. The van der Waals surface area contributed by atoms with E-state index in [0.29, 0.717) is 57.6 Å². The number of esters is 1. The number of carbonyl (C=O) groups is 4. The number of anilines is 1. The summed E-state index contributed by atoms with van der Waals surface area (Å²) >= 11 is 0. The third-order valence-electron chi connectivity index (χ3n) is 13.2. The van der Waals surface area contributed by atoms with Crippen LogP contribution in [0, 0.1) is 11.3 Å². The van der Waals surface area contributed by atoms with Gasteiger partial charge in [-0.15, -0.1) is 0 Å². The lowest BCUT2D eigenvalue weighted by atomic mass is 9.84. The first kappa shape index (κ1) is 45.1. The molecule has 14 heteroatoms. The molecule has 0 aliphatic carbocycles. The molecule has 0 saturated carbocycles. The van der Waals surface area contributed by atoms with E-state index in [1.165, 1.54) is 11.1 Å². The Morgan fingerprint density at radius 2 is 1.92 bits per heavy atom. The highest BCUT2D eigenvalue weighted by Gasteiger charge is 2.37. The summed E-state index contributed by atoms with van der Waals surface area (Å²) in [5, 5.41) is 16.7. The number of aromatic nitrogens is 2. The van der Waals surface area contributed by atoms with Crippen molar-refractivity contribution in [1.29, 1.82) is 0 Å². The largest absolute Gasteiger partial charge is 0.508 e. The lowest BCUT2D eigenvalue weighted by Gasteiger charge is -2.35. The summed E-state index contributed by atoms with van der Waals surface area (Å²) < 4.78 is 14.0. The van der Waals surface area contributed by atoms with Gasteiger partial charge >= 0.3 is 5.97 Å². The Hall–Kier alpha value is -6.51. The van der Waals surface area contributed by atoms with Gasteiger partial charge in [0.15, 0.2) is 0 Å². The van der Waals surface area contributed by atoms with Gasteiger partial charge in [0.05, 0.1) is 24.5 Å². The van der Waals surface area contributed by atoms with E-state index < -0.39 is 35.3 Å². The van der Waals surface area contributed by atoms with Gasteiger partial charge in [0.2, 0.25) is 5.91 Å². The Kier molecular flexibility index (Phi) is 12.9. The molecule has 2 aromatic heterocycles. The van der Waals surface area contributed by atoms with Gasteiger partial charge in [-0.2, -0.15) is 0 Å². The van der Waals surface area contributed by atoms with E-state index in [0.717, 1.165) is 50.0 Å². The summed E-state index contributed by atoms with van der Waals surface area (Å²) in [4.78, 5) is 61.7. The number of methoxy groups -OCH3 is 1. The van der Waals surface area contributed by atoms with Crippen LogP contribution in [0.1, 0.15) is 79.1 Å². The molecule has 14 nitrogen and oxygen atoms in total. The normalized spacial score (nSPS) is 21.2. The van der Waals surface area contributed by atoms with Crippen molar-refractivity contribution >= 4 is 40.3 Å². The number of hydrogen-bond donors (Lipinski definition) is 4. The predicted octanol–water partition coefficient (Wildman–Crippen LogP) is 6.53. The second-order valence-corrected chi connectivity index (χ2v) is 18.5. The van der Waals surface area contributed by atoms with Crippen LogP contribution in [0.2, 0.25) is 0 Å². The third-order valence-corrected chi connectivity index (χ3v) is 13.2. The molecule has 8 rings (SSSR count). The number of nitrogens with one attached hydrogen (secondary N) is 2. The fourth-order valence-corrected chi connectivity index (χ4v) is 9.95. The summed E-state index contributed by atoms with van der Waals surface area (Å²) in [6.45, 7) is 14.4. The number of aryl methyl sites for hydroxylation is 1. The number of nitrogens with zero attached hydrogens (tertiary/aromatic N) is 4. The predicted molar refractivity (Wildman–Crippen MR) is 249 cm³/mol. The number of carbonyl (C=O) groups excluding carboxylic acids is 4. The number of phenols is 1. The topological polar surface area (TPSA) is 181 Å². The molecule has 5 N–H and O–H groups in total. The maximum absolute atomic E-state index is 14.7. The van der Waals surface area contributed by atoms with Crippen molar-refractivity contribution in [1.82, 2.24) is 30.2 Å². The summed E-state index contributed by atoms with van der Waals surface area (Å²) in [5.41, 5.74) is 17.8. The molecule has 3 aliphatic heterocycles. The van der Waals surface area contributed by atoms with E-state index in [9.17, 15) is 24.3 Å². The van der Waals surface area contributed by atoms with Crippen LogP contribution in [0.25, 0.3) is 33.3 Å². The second kappa shape index (κ2) is 18.5. The van der Waals surface area contributed by atoms with Gasteiger partial charge < -0.3 is 35.1 Å². The number of likely N-dealkylation sites (tertiary alicyclic amines) is 1. The van der Waals surface area contributed by atoms with Crippen molar-refractivity contribution < 1.29 is 33.8 Å². The first-order valence-corrected chi connectivity index (χ1v) is 22.5. The molecule has 340 valence electrons. The number of amides is 3. The first-order valence-electron chi connectivity index (χ1n) is 22.5. The first-order chi connectivity index (χ1) is 31.2. The van der Waals surface area contributed by atoms with Crippen molar-refractivity contribution in [2.45, 2.75) is 84.5 Å². The van der Waals surface area contributed by atoms with Crippen molar-refractivity contribution in [2.24, 2.45) is 11.3 Å². The van der Waals surface area contributed by atoms with E-state index in [1.807, 2.05) is 37.4 Å². The number of ether oxygens (including phenoxy) is 2. The fourth-order valence-electron chi connectivity index (χ4n) is 9.95. The zero-order valence-corrected chi connectivity index (χ0v) is 37.9. The smallest absolute Gasteiger partial charge is 0.324 e. The Bertz CT molecular complexity index is 2670. The van der Waals surface area contributed by atoms with Gasteiger partial charge in [0.25, 0.3) is 11.8 Å². The van der Waals surface area contributed by atoms with Crippen LogP contribution in [0.4, 0.5) is 5.69 Å². The Labute approximate surface area is 379 Å². The van der Waals surface area contributed by atoms with Gasteiger partial charge in [-0.3, -0.25) is 29.2 Å². The van der Waals surface area contributed by atoms with Gasteiger partial charge in [-0.05, 0) is 108 Å². The quantitative estimate of drug-likeness (QED) is 0.0760. The van der Waals surface area contributed by atoms with Crippen LogP contribution >= 0.6 is 0 Å². The average Bonchev–Trinajstić information content (AvgIpc) is 3.83. The average molecular weight is 882 g/mol. The molecule has 1 unspecified atom stereocenters. The molecule has 2 saturated heterocycles. The molecule has 5 heterocycles. The molecule has 3 aromatic carbocycles. The van der Waals surface area contributed by atoms with Crippen molar-refractivity contribution in [3.63, 3.8) is 0 Å². The number of aromatic hydroxyl groups is 1. The molecule has 3 aliphatic rings. The number of benzene rings is 3. The zero-order chi connectivity index (χ0) is 46.2. The van der Waals surface area contributed by atoms with Crippen molar-refractivity contribution in [3.05, 3.63) is 114 Å². The van der Waals surface area contributed by atoms with Crippen LogP contribution in [0.15, 0.2) is 85.7 Å².